The van der Waals surface area contributed by atoms with Crippen LogP contribution in [0.5, 0.6) is 0 Å². The van der Waals surface area contributed by atoms with Crippen molar-refractivity contribution in [3.05, 3.63) is 0 Å². The van der Waals surface area contributed by atoms with Crippen LogP contribution >= 0.6 is 0 Å². The van der Waals surface area contributed by atoms with Crippen LogP contribution in [0, 0.1) is 0 Å². The molecule has 1 saturated heterocycles. The van der Waals surface area contributed by atoms with E-state index in [-0.39, 0.29) is 12.3 Å². The number of ketones is 1. The molecule has 1 heterocycles. The molecule has 14 heavy (non-hydrogen) atoms. The van der Waals surface area contributed by atoms with Crippen molar-refractivity contribution in [3.63, 3.8) is 0 Å². The molecule has 0 spiro atoms. The van der Waals surface area contributed by atoms with E-state index in [0.717, 1.165) is 0 Å². The first-order chi connectivity index (χ1) is 6.61. The molecular weight excluding hydrogens is 190 g/mol. The summed E-state index contributed by atoms with van der Waals surface area (Å²) in [7, 11) is 0. The number of aliphatic hydroxyl groups excluding tert-OH is 2. The summed E-state index contributed by atoms with van der Waals surface area (Å²) in [4.78, 5) is 26.0. The van der Waals surface area contributed by atoms with Gasteiger partial charge in [-0.3, -0.25) is 9.79 Å². The highest BCUT2D eigenvalue weighted by Crippen LogP contribution is 2.12. The molecule has 1 aliphatic heterocycles. The molecule has 2 N–H and O–H groups in total. The molecule has 0 bridgehead atoms. The molecule has 0 aromatic rings. The molecule has 0 aromatic carbocycles. The number of hydrogen-bond donors (Lipinski definition) is 2. The van der Waals surface area contributed by atoms with Gasteiger partial charge < -0.3 is 14.9 Å². The Morgan fingerprint density at radius 1 is 1.57 bits per heavy atom. The van der Waals surface area contributed by atoms with Crippen LogP contribution in [0.2, 0.25) is 0 Å². The Morgan fingerprint density at radius 2 is 2.21 bits per heavy atom. The molecule has 0 radical (unpaired) electrons. The largest absolute Gasteiger partial charge is 0.446 e. The van der Waals surface area contributed by atoms with E-state index >= 15 is 0 Å². The summed E-state index contributed by atoms with van der Waals surface area (Å²) < 4.78 is 4.56. The summed E-state index contributed by atoms with van der Waals surface area (Å²) in [5.41, 5.74) is -0.287. The number of cyclic esters (lactones) is 1. The summed E-state index contributed by atoms with van der Waals surface area (Å²) in [6.45, 7) is 1.32. The minimum Gasteiger partial charge on any atom is -0.446 e. The predicted molar refractivity (Wildman–Crippen MR) is 46.0 cm³/mol. The lowest BCUT2D eigenvalue weighted by Gasteiger charge is -2.11. The topological polar surface area (TPSA) is 96.2 Å². The second-order valence-corrected chi connectivity index (χ2v) is 2.76. The molecule has 1 rings (SSSR count). The Bertz CT molecular complexity index is 285. The third-order valence-corrected chi connectivity index (χ3v) is 1.77. The first-order valence-electron chi connectivity index (χ1n) is 4.20. The lowest BCUT2D eigenvalue weighted by atomic mass is 10.1. The van der Waals surface area contributed by atoms with Gasteiger partial charge in [0.05, 0.1) is 6.61 Å². The molecule has 0 aliphatic carbocycles. The third kappa shape index (κ3) is 1.80. The van der Waals surface area contributed by atoms with Crippen molar-refractivity contribution in [2.45, 2.75) is 19.1 Å². The number of rotatable bonds is 3. The number of carbonyl (C=O) groups is 2. The van der Waals surface area contributed by atoms with Gasteiger partial charge in [0.1, 0.15) is 6.10 Å². The van der Waals surface area contributed by atoms with E-state index < -0.39 is 30.6 Å². The maximum atomic E-state index is 11.4. The molecule has 0 amide bonds. The van der Waals surface area contributed by atoms with E-state index in [4.69, 9.17) is 10.2 Å². The zero-order chi connectivity index (χ0) is 10.7. The van der Waals surface area contributed by atoms with Crippen molar-refractivity contribution in [2.24, 2.45) is 4.99 Å². The lowest BCUT2D eigenvalue weighted by Crippen LogP contribution is -2.35. The fraction of sp³-hybridized carbons (Fsp3) is 0.625. The quantitative estimate of drug-likeness (QED) is 0.530. The second-order valence-electron chi connectivity index (χ2n) is 2.76. The summed E-state index contributed by atoms with van der Waals surface area (Å²) in [6, 6.07) is 0. The Hall–Kier alpha value is -1.27. The van der Waals surface area contributed by atoms with Crippen LogP contribution in [0.25, 0.3) is 0 Å². The van der Waals surface area contributed by atoms with Crippen molar-refractivity contribution in [1.82, 2.24) is 0 Å². The molecule has 0 saturated carbocycles. The second kappa shape index (κ2) is 4.30. The molecule has 6 nitrogen and oxygen atoms in total. The summed E-state index contributed by atoms with van der Waals surface area (Å²) in [5.74, 6) is -1.51. The SMILES string of the molecule is CCN=C1C(=O)OC(C(O)CO)C1=O. The molecule has 2 atom stereocenters. The van der Waals surface area contributed by atoms with Crippen LogP contribution in [0.4, 0.5) is 0 Å². The van der Waals surface area contributed by atoms with Crippen LogP contribution < -0.4 is 0 Å². The van der Waals surface area contributed by atoms with E-state index in [0.29, 0.717) is 0 Å². The average molecular weight is 201 g/mol. The van der Waals surface area contributed by atoms with E-state index in [1.54, 1.807) is 6.92 Å². The lowest BCUT2D eigenvalue weighted by molar-refractivity contribution is -0.147. The molecule has 1 fully saturated rings. The Balaban J connectivity index is 2.84. The molecule has 2 unspecified atom stereocenters. The fourth-order valence-corrected chi connectivity index (χ4v) is 1.11. The summed E-state index contributed by atoms with van der Waals surface area (Å²) in [5, 5.41) is 17.7. The number of aliphatic imine (C=N–C) groups is 1. The maximum Gasteiger partial charge on any atom is 0.361 e. The highest BCUT2D eigenvalue weighted by atomic mass is 16.6. The van der Waals surface area contributed by atoms with Crippen LogP contribution in [-0.4, -0.2) is 53.0 Å². The summed E-state index contributed by atoms with van der Waals surface area (Å²) >= 11 is 0. The van der Waals surface area contributed by atoms with Gasteiger partial charge in [-0.15, -0.1) is 0 Å². The highest BCUT2D eigenvalue weighted by molar-refractivity contribution is 6.67. The van der Waals surface area contributed by atoms with Gasteiger partial charge in [-0.05, 0) is 6.92 Å². The van der Waals surface area contributed by atoms with Crippen LogP contribution in [0.1, 0.15) is 6.92 Å². The van der Waals surface area contributed by atoms with E-state index in [1.165, 1.54) is 0 Å². The standard InChI is InChI=1S/C8H11NO5/c1-2-9-5-6(12)7(4(11)3-10)14-8(5)13/h4,7,10-11H,2-3H2,1H3. The third-order valence-electron chi connectivity index (χ3n) is 1.77. The van der Waals surface area contributed by atoms with Gasteiger partial charge in [-0.25, -0.2) is 4.79 Å². The molecule has 1 aliphatic rings. The fourth-order valence-electron chi connectivity index (χ4n) is 1.11. The monoisotopic (exact) mass is 201 g/mol. The number of nitrogens with zero attached hydrogens (tertiary/aromatic N) is 1. The summed E-state index contributed by atoms with van der Waals surface area (Å²) in [6.07, 6.45) is -2.69. The Morgan fingerprint density at radius 3 is 2.71 bits per heavy atom. The van der Waals surface area contributed by atoms with E-state index in [2.05, 4.69) is 9.73 Å². The minimum absolute atomic E-state index is 0.287. The van der Waals surface area contributed by atoms with Gasteiger partial charge in [-0.1, -0.05) is 0 Å². The zero-order valence-electron chi connectivity index (χ0n) is 7.64. The first kappa shape index (κ1) is 10.8. The van der Waals surface area contributed by atoms with Gasteiger partial charge in [0.25, 0.3) is 0 Å². The number of ether oxygens (including phenoxy) is 1. The van der Waals surface area contributed by atoms with E-state index in [9.17, 15) is 9.59 Å². The number of esters is 1. The van der Waals surface area contributed by atoms with Crippen molar-refractivity contribution < 1.29 is 24.5 Å². The van der Waals surface area contributed by atoms with Crippen molar-refractivity contribution in [3.8, 4) is 0 Å². The highest BCUT2D eigenvalue weighted by Gasteiger charge is 2.43. The van der Waals surface area contributed by atoms with Gasteiger partial charge >= 0.3 is 5.97 Å². The maximum absolute atomic E-state index is 11.4. The van der Waals surface area contributed by atoms with Gasteiger partial charge in [0.15, 0.2) is 11.8 Å². The van der Waals surface area contributed by atoms with Crippen LogP contribution in [0.3, 0.4) is 0 Å². The van der Waals surface area contributed by atoms with Crippen LogP contribution in [-0.2, 0) is 14.3 Å². The van der Waals surface area contributed by atoms with Gasteiger partial charge in [0, 0.05) is 6.54 Å². The minimum atomic E-state index is -1.38. The average Bonchev–Trinajstić information content (AvgIpc) is 2.45. The number of carbonyl (C=O) groups excluding carboxylic acids is 2. The molecule has 6 heteroatoms. The number of Topliss-reactive ketones (excluding diaryl/α,β-unsaturated/α-hetero) is 1. The molecule has 78 valence electrons. The Kier molecular flexibility index (Phi) is 3.32. The zero-order valence-corrected chi connectivity index (χ0v) is 7.64. The van der Waals surface area contributed by atoms with E-state index in [1.807, 2.05) is 0 Å². The van der Waals surface area contributed by atoms with Crippen molar-refractivity contribution in [2.75, 3.05) is 13.2 Å². The predicted octanol–water partition coefficient (Wildman–Crippen LogP) is -1.70. The van der Waals surface area contributed by atoms with Crippen LogP contribution in [0.15, 0.2) is 4.99 Å². The van der Waals surface area contributed by atoms with Crippen molar-refractivity contribution in [1.29, 1.82) is 0 Å². The van der Waals surface area contributed by atoms with Gasteiger partial charge in [-0.2, -0.15) is 0 Å². The molecular formula is C8H11NO5. The normalized spacial score (nSPS) is 26.8. The number of aliphatic hydroxyl groups is 2. The smallest absolute Gasteiger partial charge is 0.361 e. The van der Waals surface area contributed by atoms with Gasteiger partial charge in [0.2, 0.25) is 5.78 Å². The number of hydrogen-bond acceptors (Lipinski definition) is 6. The van der Waals surface area contributed by atoms with Crippen molar-refractivity contribution >= 4 is 17.5 Å². The Labute approximate surface area is 80.2 Å². The molecule has 0 aromatic heterocycles. The first-order valence-corrected chi connectivity index (χ1v) is 4.20.